The molecular formula is C13H19FN2O3S. The molecule has 0 amide bonds. The Morgan fingerprint density at radius 1 is 1.30 bits per heavy atom. The lowest BCUT2D eigenvalue weighted by Crippen LogP contribution is -2.22. The van der Waals surface area contributed by atoms with Gasteiger partial charge in [-0.15, -0.1) is 0 Å². The lowest BCUT2D eigenvalue weighted by molar-refractivity contribution is 0.255. The molecule has 0 aromatic heterocycles. The van der Waals surface area contributed by atoms with Crippen LogP contribution in [0.5, 0.6) is 5.75 Å². The maximum atomic E-state index is 13.7. The zero-order chi connectivity index (χ0) is 14.6. The molecule has 5 nitrogen and oxygen atoms in total. The van der Waals surface area contributed by atoms with Crippen molar-refractivity contribution in [3.63, 3.8) is 0 Å². The van der Waals surface area contributed by atoms with Crippen molar-refractivity contribution in [1.82, 2.24) is 4.90 Å². The third kappa shape index (κ3) is 4.16. The van der Waals surface area contributed by atoms with E-state index in [0.29, 0.717) is 6.61 Å². The Bertz CT molecular complexity index is 557. The van der Waals surface area contributed by atoms with Crippen LogP contribution in [-0.2, 0) is 10.0 Å². The van der Waals surface area contributed by atoms with E-state index in [1.807, 2.05) is 0 Å². The number of nitrogens with two attached hydrogens (primary N) is 1. The van der Waals surface area contributed by atoms with E-state index < -0.39 is 15.8 Å². The van der Waals surface area contributed by atoms with Gasteiger partial charge in [0, 0.05) is 6.54 Å². The zero-order valence-corrected chi connectivity index (χ0v) is 12.0. The van der Waals surface area contributed by atoms with Gasteiger partial charge in [-0.1, -0.05) is 0 Å². The molecule has 2 rings (SSSR count). The van der Waals surface area contributed by atoms with Crippen LogP contribution in [0.2, 0.25) is 0 Å². The molecule has 1 saturated heterocycles. The monoisotopic (exact) mass is 302 g/mol. The molecular weight excluding hydrogens is 283 g/mol. The number of ether oxygens (including phenoxy) is 1. The molecule has 7 heteroatoms. The first-order valence-corrected chi connectivity index (χ1v) is 8.19. The van der Waals surface area contributed by atoms with Gasteiger partial charge in [-0.3, -0.25) is 0 Å². The summed E-state index contributed by atoms with van der Waals surface area (Å²) in [5, 5.41) is 4.93. The molecule has 2 N–H and O–H groups in total. The Kier molecular flexibility index (Phi) is 4.95. The van der Waals surface area contributed by atoms with Gasteiger partial charge in [0.05, 0.1) is 11.5 Å². The molecule has 1 aliphatic rings. The lowest BCUT2D eigenvalue weighted by Gasteiger charge is -2.14. The van der Waals surface area contributed by atoms with Gasteiger partial charge in [-0.25, -0.2) is 17.9 Å². The van der Waals surface area contributed by atoms with Crippen molar-refractivity contribution in [3.05, 3.63) is 24.0 Å². The fraction of sp³-hybridized carbons (Fsp3) is 0.538. The Balaban J connectivity index is 1.83. The highest BCUT2D eigenvalue weighted by molar-refractivity contribution is 7.89. The van der Waals surface area contributed by atoms with Crippen molar-refractivity contribution in [3.8, 4) is 5.75 Å². The van der Waals surface area contributed by atoms with Crippen LogP contribution in [0.4, 0.5) is 4.39 Å². The number of rotatable bonds is 6. The Morgan fingerprint density at radius 2 is 2.00 bits per heavy atom. The summed E-state index contributed by atoms with van der Waals surface area (Å²) < 4.78 is 41.1. The highest BCUT2D eigenvalue weighted by Gasteiger charge is 2.13. The molecule has 1 aromatic carbocycles. The normalized spacial score (nSPS) is 16.5. The minimum Gasteiger partial charge on any atom is -0.490 e. The summed E-state index contributed by atoms with van der Waals surface area (Å²) in [5.41, 5.74) is 0. The minimum atomic E-state index is -3.88. The minimum absolute atomic E-state index is 0.0545. The first kappa shape index (κ1) is 15.2. The standard InChI is InChI=1S/C13H19FN2O3S/c14-12-10-11(20(15,17)18)4-5-13(12)19-9-3-8-16-6-1-2-7-16/h4-5,10H,1-3,6-9H2,(H2,15,17,18). The summed E-state index contributed by atoms with van der Waals surface area (Å²) in [6, 6.07) is 3.42. The second-order valence-corrected chi connectivity index (χ2v) is 6.45. The first-order valence-electron chi connectivity index (χ1n) is 6.64. The summed E-state index contributed by atoms with van der Waals surface area (Å²) >= 11 is 0. The summed E-state index contributed by atoms with van der Waals surface area (Å²) in [5.74, 6) is -0.656. The van der Waals surface area contributed by atoms with E-state index >= 15 is 0 Å². The van der Waals surface area contributed by atoms with Gasteiger partial charge in [0.2, 0.25) is 10.0 Å². The Morgan fingerprint density at radius 3 is 2.60 bits per heavy atom. The van der Waals surface area contributed by atoms with Crippen LogP contribution < -0.4 is 9.88 Å². The molecule has 0 radical (unpaired) electrons. The third-order valence-electron chi connectivity index (χ3n) is 3.31. The van der Waals surface area contributed by atoms with Gasteiger partial charge in [-0.05, 0) is 50.6 Å². The van der Waals surface area contributed by atoms with Gasteiger partial charge >= 0.3 is 0 Å². The van der Waals surface area contributed by atoms with E-state index in [1.54, 1.807) is 0 Å². The van der Waals surface area contributed by atoms with Crippen LogP contribution in [0.3, 0.4) is 0 Å². The Labute approximate surface area is 118 Å². The maximum absolute atomic E-state index is 13.7. The quantitative estimate of drug-likeness (QED) is 0.805. The number of hydrogen-bond donors (Lipinski definition) is 1. The Hall–Kier alpha value is -1.18. The highest BCUT2D eigenvalue weighted by Crippen LogP contribution is 2.20. The number of benzene rings is 1. The van der Waals surface area contributed by atoms with Crippen molar-refractivity contribution in [2.24, 2.45) is 5.14 Å². The van der Waals surface area contributed by atoms with Crippen LogP contribution in [0.15, 0.2) is 23.1 Å². The van der Waals surface area contributed by atoms with E-state index in [0.717, 1.165) is 32.1 Å². The number of hydrogen-bond acceptors (Lipinski definition) is 4. The van der Waals surface area contributed by atoms with Crippen LogP contribution in [0.1, 0.15) is 19.3 Å². The van der Waals surface area contributed by atoms with E-state index in [1.165, 1.54) is 25.0 Å². The van der Waals surface area contributed by atoms with Crippen LogP contribution in [0, 0.1) is 5.82 Å². The maximum Gasteiger partial charge on any atom is 0.238 e. The number of primary sulfonamides is 1. The molecule has 0 spiro atoms. The smallest absolute Gasteiger partial charge is 0.238 e. The van der Waals surface area contributed by atoms with Crippen molar-refractivity contribution >= 4 is 10.0 Å². The van der Waals surface area contributed by atoms with E-state index in [-0.39, 0.29) is 10.6 Å². The van der Waals surface area contributed by atoms with E-state index in [9.17, 15) is 12.8 Å². The van der Waals surface area contributed by atoms with Gasteiger partial charge in [0.1, 0.15) is 0 Å². The third-order valence-corrected chi connectivity index (χ3v) is 4.22. The van der Waals surface area contributed by atoms with Gasteiger partial charge < -0.3 is 9.64 Å². The molecule has 0 aliphatic carbocycles. The number of sulfonamides is 1. The number of halogens is 1. The lowest BCUT2D eigenvalue weighted by atomic mass is 10.3. The summed E-state index contributed by atoms with van der Waals surface area (Å²) in [6.07, 6.45) is 3.30. The summed E-state index contributed by atoms with van der Waals surface area (Å²) in [4.78, 5) is 2.10. The molecule has 0 atom stereocenters. The average Bonchev–Trinajstić information content (AvgIpc) is 2.88. The van der Waals surface area contributed by atoms with E-state index in [4.69, 9.17) is 9.88 Å². The summed E-state index contributed by atoms with van der Waals surface area (Å²) in [7, 11) is -3.88. The second-order valence-electron chi connectivity index (χ2n) is 4.89. The average molecular weight is 302 g/mol. The molecule has 112 valence electrons. The topological polar surface area (TPSA) is 72.6 Å². The molecule has 20 heavy (non-hydrogen) atoms. The highest BCUT2D eigenvalue weighted by atomic mass is 32.2. The van der Waals surface area contributed by atoms with Crippen molar-refractivity contribution < 1.29 is 17.5 Å². The molecule has 0 unspecified atom stereocenters. The molecule has 1 aromatic rings. The number of likely N-dealkylation sites (tertiary alicyclic amines) is 1. The number of nitrogens with zero attached hydrogens (tertiary/aromatic N) is 1. The van der Waals surface area contributed by atoms with E-state index in [2.05, 4.69) is 4.90 Å². The van der Waals surface area contributed by atoms with Crippen LogP contribution in [-0.4, -0.2) is 39.6 Å². The van der Waals surface area contributed by atoms with Crippen LogP contribution in [0.25, 0.3) is 0 Å². The van der Waals surface area contributed by atoms with Crippen molar-refractivity contribution in [1.29, 1.82) is 0 Å². The fourth-order valence-electron chi connectivity index (χ4n) is 2.25. The van der Waals surface area contributed by atoms with Gasteiger partial charge in [0.25, 0.3) is 0 Å². The molecule has 1 aliphatic heterocycles. The summed E-state index contributed by atoms with van der Waals surface area (Å²) in [6.45, 7) is 3.59. The predicted molar refractivity (Wildman–Crippen MR) is 73.6 cm³/mol. The molecule has 0 saturated carbocycles. The molecule has 1 fully saturated rings. The molecule has 0 bridgehead atoms. The van der Waals surface area contributed by atoms with Gasteiger partial charge in [0.15, 0.2) is 11.6 Å². The molecule has 1 heterocycles. The fourth-order valence-corrected chi connectivity index (χ4v) is 2.78. The predicted octanol–water partition coefficient (Wildman–Crippen LogP) is 1.34. The van der Waals surface area contributed by atoms with Crippen molar-refractivity contribution in [2.45, 2.75) is 24.2 Å². The van der Waals surface area contributed by atoms with Gasteiger partial charge in [-0.2, -0.15) is 0 Å². The van der Waals surface area contributed by atoms with Crippen LogP contribution >= 0.6 is 0 Å². The van der Waals surface area contributed by atoms with Crippen molar-refractivity contribution in [2.75, 3.05) is 26.2 Å². The second kappa shape index (κ2) is 6.51. The first-order chi connectivity index (χ1) is 9.47. The zero-order valence-electron chi connectivity index (χ0n) is 11.2. The largest absolute Gasteiger partial charge is 0.490 e. The SMILES string of the molecule is NS(=O)(=O)c1ccc(OCCCN2CCCC2)c(F)c1.